The summed E-state index contributed by atoms with van der Waals surface area (Å²) in [6.45, 7) is 0. The predicted octanol–water partition coefficient (Wildman–Crippen LogP) is 2.10. The van der Waals surface area contributed by atoms with Crippen molar-refractivity contribution in [3.05, 3.63) is 30.3 Å². The molecule has 1 saturated carbocycles. The Balaban J connectivity index is 1.80. The highest BCUT2D eigenvalue weighted by molar-refractivity contribution is 5.41. The molecule has 70 valence electrons. The Morgan fingerprint density at radius 2 is 1.92 bits per heavy atom. The van der Waals surface area contributed by atoms with Crippen LogP contribution in [0.3, 0.4) is 0 Å². The van der Waals surface area contributed by atoms with E-state index in [1.54, 1.807) is 0 Å². The lowest BCUT2D eigenvalue weighted by atomic mass is 9.91. The lowest BCUT2D eigenvalue weighted by Crippen LogP contribution is -2.47. The summed E-state index contributed by atoms with van der Waals surface area (Å²) in [4.78, 5) is 0. The minimum atomic E-state index is -0.684. The molecule has 0 spiro atoms. The van der Waals surface area contributed by atoms with Crippen LogP contribution in [0.15, 0.2) is 30.3 Å². The maximum atomic E-state index is 12.8. The Bertz CT molecular complexity index is 263. The summed E-state index contributed by atoms with van der Waals surface area (Å²) in [7, 11) is 0. The van der Waals surface area contributed by atoms with Gasteiger partial charge in [-0.05, 0) is 25.0 Å². The van der Waals surface area contributed by atoms with Crippen molar-refractivity contribution < 1.29 is 4.39 Å². The monoisotopic (exact) mass is 180 g/mol. The molecule has 1 aliphatic rings. The highest BCUT2D eigenvalue weighted by atomic mass is 19.1. The van der Waals surface area contributed by atoms with E-state index in [0.29, 0.717) is 6.42 Å². The molecule has 0 heterocycles. The van der Waals surface area contributed by atoms with E-state index in [1.165, 1.54) is 0 Å². The van der Waals surface area contributed by atoms with Crippen LogP contribution in [0.25, 0.3) is 0 Å². The van der Waals surface area contributed by atoms with Crippen molar-refractivity contribution in [3.8, 4) is 0 Å². The van der Waals surface area contributed by atoms with Crippen molar-refractivity contribution >= 4 is 5.69 Å². The van der Waals surface area contributed by atoms with Gasteiger partial charge in [-0.25, -0.2) is 9.82 Å². The minimum Gasteiger partial charge on any atom is -0.321 e. The van der Waals surface area contributed by atoms with Crippen LogP contribution in [0.5, 0.6) is 0 Å². The van der Waals surface area contributed by atoms with Gasteiger partial charge in [-0.3, -0.25) is 0 Å². The second kappa shape index (κ2) is 3.75. The number of halogens is 1. The van der Waals surface area contributed by atoms with Gasteiger partial charge in [0.2, 0.25) is 0 Å². The first-order valence-electron chi connectivity index (χ1n) is 4.57. The highest BCUT2D eigenvalue weighted by Gasteiger charge is 2.30. The Kier molecular flexibility index (Phi) is 2.45. The van der Waals surface area contributed by atoms with Crippen molar-refractivity contribution in [1.29, 1.82) is 0 Å². The zero-order chi connectivity index (χ0) is 9.10. The van der Waals surface area contributed by atoms with E-state index < -0.39 is 6.17 Å². The van der Waals surface area contributed by atoms with Crippen LogP contribution in [0.2, 0.25) is 0 Å². The maximum absolute atomic E-state index is 12.8. The number of benzene rings is 1. The lowest BCUT2D eigenvalue weighted by Gasteiger charge is -2.31. The first-order chi connectivity index (χ1) is 6.36. The van der Waals surface area contributed by atoms with Gasteiger partial charge in [0.05, 0.1) is 6.04 Å². The molecule has 2 N–H and O–H groups in total. The molecule has 0 radical (unpaired) electrons. The molecule has 0 saturated heterocycles. The molecular weight excluding hydrogens is 167 g/mol. The van der Waals surface area contributed by atoms with E-state index in [1.807, 2.05) is 30.3 Å². The fourth-order valence-electron chi connectivity index (χ4n) is 1.32. The Labute approximate surface area is 77.1 Å². The van der Waals surface area contributed by atoms with Crippen LogP contribution in [0, 0.1) is 0 Å². The summed E-state index contributed by atoms with van der Waals surface area (Å²) in [5, 5.41) is 0. The number of hydrogen-bond acceptors (Lipinski definition) is 2. The molecule has 1 fully saturated rings. The lowest BCUT2D eigenvalue weighted by molar-refractivity contribution is 0.149. The van der Waals surface area contributed by atoms with Gasteiger partial charge >= 0.3 is 0 Å². The van der Waals surface area contributed by atoms with Gasteiger partial charge in [-0.15, -0.1) is 0 Å². The molecule has 1 aromatic carbocycles. The fraction of sp³-hybridized carbons (Fsp3) is 0.400. The van der Waals surface area contributed by atoms with Crippen molar-refractivity contribution in [2.24, 2.45) is 0 Å². The second-order valence-electron chi connectivity index (χ2n) is 3.34. The number of hydrazine groups is 1. The van der Waals surface area contributed by atoms with Gasteiger partial charge in [0.1, 0.15) is 6.17 Å². The van der Waals surface area contributed by atoms with E-state index in [0.717, 1.165) is 12.1 Å². The predicted molar refractivity (Wildman–Crippen MR) is 51.1 cm³/mol. The Hall–Kier alpha value is -1.09. The molecule has 2 rings (SSSR count). The molecule has 0 aromatic heterocycles. The van der Waals surface area contributed by atoms with E-state index in [-0.39, 0.29) is 6.04 Å². The van der Waals surface area contributed by atoms with Gasteiger partial charge in [-0.2, -0.15) is 0 Å². The summed E-state index contributed by atoms with van der Waals surface area (Å²) in [5.41, 5.74) is 6.92. The standard InChI is InChI=1S/C10H13FN2/c11-9-6-7-10(9)13-12-8-4-2-1-3-5-8/h1-5,9-10,12-13H,6-7H2. The van der Waals surface area contributed by atoms with Gasteiger partial charge in [-0.1, -0.05) is 18.2 Å². The third-order valence-electron chi connectivity index (χ3n) is 2.37. The number of hydrogen-bond donors (Lipinski definition) is 2. The molecule has 0 aliphatic heterocycles. The van der Waals surface area contributed by atoms with E-state index in [2.05, 4.69) is 10.9 Å². The minimum absolute atomic E-state index is 0.0137. The zero-order valence-electron chi connectivity index (χ0n) is 7.33. The number of alkyl halides is 1. The molecule has 0 bridgehead atoms. The fourth-order valence-corrected chi connectivity index (χ4v) is 1.32. The van der Waals surface area contributed by atoms with Gasteiger partial charge in [0.25, 0.3) is 0 Å². The highest BCUT2D eigenvalue weighted by Crippen LogP contribution is 2.22. The van der Waals surface area contributed by atoms with Crippen LogP contribution in [0.4, 0.5) is 10.1 Å². The first kappa shape index (κ1) is 8.51. The van der Waals surface area contributed by atoms with Crippen molar-refractivity contribution in [3.63, 3.8) is 0 Å². The zero-order valence-corrected chi connectivity index (χ0v) is 7.33. The van der Waals surface area contributed by atoms with Gasteiger partial charge in [0, 0.05) is 5.69 Å². The average molecular weight is 180 g/mol. The molecule has 2 unspecified atom stereocenters. The summed E-state index contributed by atoms with van der Waals surface area (Å²) in [6.07, 6.45) is 0.922. The smallest absolute Gasteiger partial charge is 0.117 e. The molecule has 3 heteroatoms. The normalized spacial score (nSPS) is 26.5. The molecular formula is C10H13FN2. The largest absolute Gasteiger partial charge is 0.321 e. The summed E-state index contributed by atoms with van der Waals surface area (Å²) in [6, 6.07) is 9.71. The van der Waals surface area contributed by atoms with Crippen molar-refractivity contribution in [2.45, 2.75) is 25.1 Å². The first-order valence-corrected chi connectivity index (χ1v) is 4.57. The van der Waals surface area contributed by atoms with Crippen LogP contribution in [-0.4, -0.2) is 12.2 Å². The number of para-hydroxylation sites is 1. The number of rotatable bonds is 3. The molecule has 1 aliphatic carbocycles. The average Bonchev–Trinajstić information content (AvgIpc) is 2.17. The molecule has 0 amide bonds. The van der Waals surface area contributed by atoms with Gasteiger partial charge < -0.3 is 5.43 Å². The third-order valence-corrected chi connectivity index (χ3v) is 2.37. The number of anilines is 1. The van der Waals surface area contributed by atoms with Crippen LogP contribution < -0.4 is 10.9 Å². The second-order valence-corrected chi connectivity index (χ2v) is 3.34. The SMILES string of the molecule is FC1CCC1NNc1ccccc1. The third kappa shape index (κ3) is 1.98. The van der Waals surface area contributed by atoms with Crippen LogP contribution in [0.1, 0.15) is 12.8 Å². The topological polar surface area (TPSA) is 24.1 Å². The summed E-state index contributed by atoms with van der Waals surface area (Å²) >= 11 is 0. The Morgan fingerprint density at radius 1 is 1.15 bits per heavy atom. The van der Waals surface area contributed by atoms with Crippen molar-refractivity contribution in [2.75, 3.05) is 5.43 Å². The summed E-state index contributed by atoms with van der Waals surface area (Å²) < 4.78 is 12.8. The van der Waals surface area contributed by atoms with E-state index in [9.17, 15) is 4.39 Å². The molecule has 13 heavy (non-hydrogen) atoms. The number of nitrogens with one attached hydrogen (secondary N) is 2. The Morgan fingerprint density at radius 3 is 2.46 bits per heavy atom. The molecule has 2 nitrogen and oxygen atoms in total. The molecule has 1 aromatic rings. The van der Waals surface area contributed by atoms with Crippen molar-refractivity contribution in [1.82, 2.24) is 5.43 Å². The quantitative estimate of drug-likeness (QED) is 0.696. The van der Waals surface area contributed by atoms with Gasteiger partial charge in [0.15, 0.2) is 0 Å². The molecule has 2 atom stereocenters. The van der Waals surface area contributed by atoms with E-state index in [4.69, 9.17) is 0 Å². The van der Waals surface area contributed by atoms with Crippen LogP contribution >= 0.6 is 0 Å². The summed E-state index contributed by atoms with van der Waals surface area (Å²) in [5.74, 6) is 0. The van der Waals surface area contributed by atoms with E-state index >= 15 is 0 Å². The maximum Gasteiger partial charge on any atom is 0.117 e. The van der Waals surface area contributed by atoms with Crippen LogP contribution in [-0.2, 0) is 0 Å².